The van der Waals surface area contributed by atoms with Gasteiger partial charge in [-0.05, 0) is 24.3 Å². The Balaban J connectivity index is 1.62. The van der Waals surface area contributed by atoms with Gasteiger partial charge in [0.05, 0.1) is 34.9 Å². The van der Waals surface area contributed by atoms with E-state index in [1.54, 1.807) is 29.5 Å². The van der Waals surface area contributed by atoms with Crippen molar-refractivity contribution in [2.24, 2.45) is 0 Å². The van der Waals surface area contributed by atoms with Crippen molar-refractivity contribution in [2.45, 2.75) is 0 Å². The van der Waals surface area contributed by atoms with Gasteiger partial charge in [0.25, 0.3) is 11.6 Å². The van der Waals surface area contributed by atoms with Gasteiger partial charge in [-0.3, -0.25) is 14.9 Å². The quantitative estimate of drug-likeness (QED) is 0.200. The van der Waals surface area contributed by atoms with E-state index in [0.717, 1.165) is 20.8 Å². The molecule has 174 valence electrons. The first-order chi connectivity index (χ1) is 16.5. The van der Waals surface area contributed by atoms with Crippen LogP contribution in [0.3, 0.4) is 0 Å². The fraction of sp³-hybridized carbons (Fsp3) is 0.167. The van der Waals surface area contributed by atoms with Crippen molar-refractivity contribution in [3.05, 3.63) is 76.3 Å². The van der Waals surface area contributed by atoms with E-state index in [-0.39, 0.29) is 23.7 Å². The number of carbonyl (C=O) groups is 1. The molecule has 1 aromatic heterocycles. The fourth-order valence-electron chi connectivity index (χ4n) is 3.31. The van der Waals surface area contributed by atoms with E-state index < -0.39 is 16.5 Å². The van der Waals surface area contributed by atoms with E-state index in [2.05, 4.69) is 10.3 Å². The highest BCUT2D eigenvalue weighted by Crippen LogP contribution is 2.36. The molecule has 0 aliphatic rings. The summed E-state index contributed by atoms with van der Waals surface area (Å²) >= 11 is 1.54. The lowest BCUT2D eigenvalue weighted by atomic mass is 10.1. The number of nitrogens with zero attached hydrogens (tertiary/aromatic N) is 2. The van der Waals surface area contributed by atoms with Crippen LogP contribution in [0.5, 0.6) is 11.5 Å². The number of anilines is 1. The van der Waals surface area contributed by atoms with Crippen LogP contribution in [0.2, 0.25) is 0 Å². The number of carbonyl (C=O) groups excluding carboxylic acids is 1. The van der Waals surface area contributed by atoms with Crippen LogP contribution in [0.1, 0.15) is 10.4 Å². The number of nitro benzene ring substituents is 1. The number of hydrogen-bond acceptors (Lipinski definition) is 8. The summed E-state index contributed by atoms with van der Waals surface area (Å²) in [7, 11) is 2.91. The molecule has 4 rings (SSSR count). The molecule has 9 nitrogen and oxygen atoms in total. The lowest BCUT2D eigenvalue weighted by Gasteiger charge is -2.13. The van der Waals surface area contributed by atoms with Crippen LogP contribution in [-0.2, 0) is 4.74 Å². The van der Waals surface area contributed by atoms with Gasteiger partial charge in [-0.25, -0.2) is 4.98 Å². The number of nitro groups is 1. The maximum absolute atomic E-state index is 13.0. The summed E-state index contributed by atoms with van der Waals surface area (Å²) in [5, 5.41) is 15.2. The molecule has 0 unspecified atom stereocenters. The van der Waals surface area contributed by atoms with Gasteiger partial charge in [0.1, 0.15) is 17.2 Å². The molecule has 0 radical (unpaired) electrons. The SMILES string of the molecule is COCCOc1cc([N+](=O)[O-])c(C(=O)Nc2cccc(-c3nc4ccccc4s3)c2)cc1OC. The molecule has 34 heavy (non-hydrogen) atoms. The first-order valence-corrected chi connectivity index (χ1v) is 11.1. The largest absolute Gasteiger partial charge is 0.493 e. The van der Waals surface area contributed by atoms with Gasteiger partial charge in [-0.1, -0.05) is 24.3 Å². The number of rotatable bonds is 9. The van der Waals surface area contributed by atoms with Crippen LogP contribution in [0.15, 0.2) is 60.7 Å². The molecule has 0 saturated carbocycles. The van der Waals surface area contributed by atoms with Crippen molar-refractivity contribution in [2.75, 3.05) is 32.8 Å². The third kappa shape index (κ3) is 4.98. The number of fused-ring (bicyclic) bond motifs is 1. The standard InChI is InChI=1S/C24H21N3O6S/c1-31-10-11-33-21-14-19(27(29)30)17(13-20(21)32-2)23(28)25-16-7-5-6-15(12-16)24-26-18-8-3-4-9-22(18)34-24/h3-9,12-14H,10-11H2,1-2H3,(H,25,28). The van der Waals surface area contributed by atoms with Crippen molar-refractivity contribution in [1.29, 1.82) is 0 Å². The predicted molar refractivity (Wildman–Crippen MR) is 130 cm³/mol. The van der Waals surface area contributed by atoms with Crippen molar-refractivity contribution in [1.82, 2.24) is 4.98 Å². The highest BCUT2D eigenvalue weighted by Gasteiger charge is 2.25. The molecule has 0 aliphatic heterocycles. The van der Waals surface area contributed by atoms with Crippen LogP contribution in [0.4, 0.5) is 11.4 Å². The second-order valence-electron chi connectivity index (χ2n) is 7.14. The molecular weight excluding hydrogens is 458 g/mol. The van der Waals surface area contributed by atoms with Crippen molar-refractivity contribution in [3.63, 3.8) is 0 Å². The number of nitrogens with one attached hydrogen (secondary N) is 1. The molecule has 0 fully saturated rings. The number of aromatic nitrogens is 1. The molecule has 0 atom stereocenters. The summed E-state index contributed by atoms with van der Waals surface area (Å²) in [4.78, 5) is 28.7. The highest BCUT2D eigenvalue weighted by molar-refractivity contribution is 7.21. The van der Waals surface area contributed by atoms with Crippen LogP contribution < -0.4 is 14.8 Å². The first kappa shape index (κ1) is 23.1. The zero-order chi connectivity index (χ0) is 24.1. The molecule has 4 aromatic rings. The number of methoxy groups -OCH3 is 2. The minimum atomic E-state index is -0.644. The number of thiazole rings is 1. The number of ether oxygens (including phenoxy) is 3. The lowest BCUT2D eigenvalue weighted by Crippen LogP contribution is -2.15. The molecule has 0 bridgehead atoms. The normalized spacial score (nSPS) is 10.8. The Morgan fingerprint density at radius 2 is 1.88 bits per heavy atom. The monoisotopic (exact) mass is 479 g/mol. The van der Waals surface area contributed by atoms with E-state index in [0.29, 0.717) is 12.3 Å². The Morgan fingerprint density at radius 3 is 2.62 bits per heavy atom. The van der Waals surface area contributed by atoms with Crippen LogP contribution in [0.25, 0.3) is 20.8 Å². The average Bonchev–Trinajstić information content (AvgIpc) is 3.28. The van der Waals surface area contributed by atoms with Crippen LogP contribution in [-0.4, -0.2) is 43.2 Å². The van der Waals surface area contributed by atoms with Gasteiger partial charge < -0.3 is 19.5 Å². The molecule has 1 N–H and O–H groups in total. The molecule has 1 heterocycles. The third-order valence-electron chi connectivity index (χ3n) is 4.93. The number of benzene rings is 3. The number of amides is 1. The molecule has 0 aliphatic carbocycles. The van der Waals surface area contributed by atoms with Crippen molar-refractivity contribution < 1.29 is 23.9 Å². The molecular formula is C24H21N3O6S. The van der Waals surface area contributed by atoms with Crippen molar-refractivity contribution in [3.8, 4) is 22.1 Å². The van der Waals surface area contributed by atoms with E-state index in [1.165, 1.54) is 26.4 Å². The Morgan fingerprint density at radius 1 is 1.06 bits per heavy atom. The summed E-state index contributed by atoms with van der Waals surface area (Å²) in [6, 6.07) is 17.5. The fourth-order valence-corrected chi connectivity index (χ4v) is 4.28. The van der Waals surface area contributed by atoms with Gasteiger partial charge in [-0.2, -0.15) is 0 Å². The first-order valence-electron chi connectivity index (χ1n) is 10.3. The summed E-state index contributed by atoms with van der Waals surface area (Å²) in [6.07, 6.45) is 0. The Bertz CT molecular complexity index is 1320. The highest BCUT2D eigenvalue weighted by atomic mass is 32.1. The summed E-state index contributed by atoms with van der Waals surface area (Å²) in [5.41, 5.74) is 1.66. The molecule has 0 spiro atoms. The summed E-state index contributed by atoms with van der Waals surface area (Å²) in [5.74, 6) is -0.286. The number of hydrogen-bond donors (Lipinski definition) is 1. The second-order valence-corrected chi connectivity index (χ2v) is 8.17. The molecule has 3 aromatic carbocycles. The van der Waals surface area contributed by atoms with Gasteiger partial charge in [-0.15, -0.1) is 11.3 Å². The lowest BCUT2D eigenvalue weighted by molar-refractivity contribution is -0.385. The Kier molecular flexibility index (Phi) is 7.00. The average molecular weight is 480 g/mol. The van der Waals surface area contributed by atoms with E-state index >= 15 is 0 Å². The third-order valence-corrected chi connectivity index (χ3v) is 6.02. The zero-order valence-electron chi connectivity index (χ0n) is 18.4. The number of para-hydroxylation sites is 1. The summed E-state index contributed by atoms with van der Waals surface area (Å²) in [6.45, 7) is 0.471. The second kappa shape index (κ2) is 10.3. The Labute approximate surface area is 199 Å². The van der Waals surface area contributed by atoms with E-state index in [1.807, 2.05) is 30.3 Å². The van der Waals surface area contributed by atoms with Gasteiger partial charge in [0.2, 0.25) is 0 Å². The maximum Gasteiger partial charge on any atom is 0.286 e. The topological polar surface area (TPSA) is 113 Å². The smallest absolute Gasteiger partial charge is 0.286 e. The van der Waals surface area contributed by atoms with Crippen LogP contribution >= 0.6 is 11.3 Å². The molecule has 1 amide bonds. The van der Waals surface area contributed by atoms with E-state index in [4.69, 9.17) is 14.2 Å². The Hall–Kier alpha value is -4.02. The minimum Gasteiger partial charge on any atom is -0.493 e. The minimum absolute atomic E-state index is 0.147. The maximum atomic E-state index is 13.0. The van der Waals surface area contributed by atoms with Crippen molar-refractivity contribution >= 4 is 38.8 Å². The zero-order valence-corrected chi connectivity index (χ0v) is 19.3. The van der Waals surface area contributed by atoms with Gasteiger partial charge in [0.15, 0.2) is 11.5 Å². The molecule has 10 heteroatoms. The molecule has 0 saturated heterocycles. The van der Waals surface area contributed by atoms with Crippen LogP contribution in [0, 0.1) is 10.1 Å². The van der Waals surface area contributed by atoms with Gasteiger partial charge >= 0.3 is 0 Å². The van der Waals surface area contributed by atoms with Gasteiger partial charge in [0, 0.05) is 24.4 Å². The van der Waals surface area contributed by atoms with E-state index in [9.17, 15) is 14.9 Å². The predicted octanol–water partition coefficient (Wildman–Crippen LogP) is 5.16. The summed E-state index contributed by atoms with van der Waals surface area (Å²) < 4.78 is 16.8.